The zero-order valence-electron chi connectivity index (χ0n) is 16.2. The molecule has 0 aliphatic carbocycles. The molecule has 2 aromatic carbocycles. The lowest BCUT2D eigenvalue weighted by Crippen LogP contribution is -3.14. The molecule has 1 atom stereocenters. The number of benzene rings is 2. The molecule has 2 N–H and O–H groups in total. The number of morpholine rings is 1. The van der Waals surface area contributed by atoms with Crippen molar-refractivity contribution in [3.63, 3.8) is 0 Å². The van der Waals surface area contributed by atoms with Gasteiger partial charge >= 0.3 is 0 Å². The first-order valence-corrected chi connectivity index (χ1v) is 9.68. The zero-order valence-corrected chi connectivity index (χ0v) is 16.9. The highest BCUT2D eigenvalue weighted by Crippen LogP contribution is 2.36. The summed E-state index contributed by atoms with van der Waals surface area (Å²) < 4.78 is 16.0. The van der Waals surface area contributed by atoms with Gasteiger partial charge in [0, 0.05) is 5.56 Å². The summed E-state index contributed by atoms with van der Waals surface area (Å²) in [7, 11) is 3.03. The largest absolute Gasteiger partial charge is 0.493 e. The SMILES string of the molecule is COc1cc(C(=O)N[C@H](C[NH+]2CCOCC2)c2ccccc2)cc(Cl)c1OC. The summed E-state index contributed by atoms with van der Waals surface area (Å²) >= 11 is 6.26. The monoisotopic (exact) mass is 405 g/mol. The Balaban J connectivity index is 1.81. The van der Waals surface area contributed by atoms with E-state index in [0.717, 1.165) is 38.4 Å². The summed E-state index contributed by atoms with van der Waals surface area (Å²) in [6.07, 6.45) is 0. The molecule has 0 bridgehead atoms. The molecule has 1 saturated heterocycles. The smallest absolute Gasteiger partial charge is 0.252 e. The fourth-order valence-corrected chi connectivity index (χ4v) is 3.67. The van der Waals surface area contributed by atoms with Crippen LogP contribution < -0.4 is 19.7 Å². The summed E-state index contributed by atoms with van der Waals surface area (Å²) in [6, 6.07) is 13.1. The average Bonchev–Trinajstić information content (AvgIpc) is 2.74. The summed E-state index contributed by atoms with van der Waals surface area (Å²) in [5.41, 5.74) is 1.50. The number of rotatable bonds is 7. The van der Waals surface area contributed by atoms with Gasteiger partial charge in [0.05, 0.1) is 32.5 Å². The van der Waals surface area contributed by atoms with Gasteiger partial charge in [0.2, 0.25) is 0 Å². The molecule has 0 unspecified atom stereocenters. The molecule has 0 spiro atoms. The maximum atomic E-state index is 13.0. The number of carbonyl (C=O) groups excluding carboxylic acids is 1. The molecular weight excluding hydrogens is 380 g/mol. The third-order valence-electron chi connectivity index (χ3n) is 4.90. The number of halogens is 1. The van der Waals surface area contributed by atoms with Crippen molar-refractivity contribution < 1.29 is 23.9 Å². The maximum absolute atomic E-state index is 13.0. The van der Waals surface area contributed by atoms with E-state index in [4.69, 9.17) is 25.8 Å². The van der Waals surface area contributed by atoms with Crippen LogP contribution in [-0.2, 0) is 4.74 Å². The predicted molar refractivity (Wildman–Crippen MR) is 108 cm³/mol. The van der Waals surface area contributed by atoms with Crippen LogP contribution in [0.1, 0.15) is 22.0 Å². The van der Waals surface area contributed by atoms with Gasteiger partial charge in [0.15, 0.2) is 11.5 Å². The summed E-state index contributed by atoms with van der Waals surface area (Å²) in [6.45, 7) is 4.15. The maximum Gasteiger partial charge on any atom is 0.252 e. The Labute approximate surface area is 170 Å². The first-order chi connectivity index (χ1) is 13.6. The van der Waals surface area contributed by atoms with Crippen LogP contribution in [-0.4, -0.2) is 53.0 Å². The molecule has 0 aromatic heterocycles. The van der Waals surface area contributed by atoms with Gasteiger partial charge in [-0.25, -0.2) is 0 Å². The standard InChI is InChI=1S/C21H25ClN2O4/c1-26-19-13-16(12-17(22)20(19)27-2)21(25)23-18(15-6-4-3-5-7-15)14-24-8-10-28-11-9-24/h3-7,12-13,18H,8-11,14H2,1-2H3,(H,23,25)/p+1/t18-/m1/s1. The molecule has 2 aromatic rings. The number of carbonyl (C=O) groups is 1. The number of hydrogen-bond acceptors (Lipinski definition) is 4. The molecule has 1 heterocycles. The van der Waals surface area contributed by atoms with E-state index < -0.39 is 0 Å². The highest BCUT2D eigenvalue weighted by atomic mass is 35.5. The van der Waals surface area contributed by atoms with Crippen molar-refractivity contribution in [2.75, 3.05) is 47.1 Å². The lowest BCUT2D eigenvalue weighted by molar-refractivity contribution is -0.909. The number of hydrogen-bond donors (Lipinski definition) is 2. The quantitative estimate of drug-likeness (QED) is 0.736. The number of methoxy groups -OCH3 is 2. The fraction of sp³-hybridized carbons (Fsp3) is 0.381. The number of ether oxygens (including phenoxy) is 3. The van der Waals surface area contributed by atoms with Crippen molar-refractivity contribution in [2.24, 2.45) is 0 Å². The predicted octanol–water partition coefficient (Wildman–Crippen LogP) is 1.74. The molecule has 0 saturated carbocycles. The van der Waals surface area contributed by atoms with Gasteiger partial charge in [-0.05, 0) is 17.7 Å². The molecule has 3 rings (SSSR count). The first kappa shape index (κ1) is 20.5. The molecule has 28 heavy (non-hydrogen) atoms. The Hall–Kier alpha value is -2.28. The molecule has 1 fully saturated rings. The van der Waals surface area contributed by atoms with E-state index in [1.54, 1.807) is 12.1 Å². The topological polar surface area (TPSA) is 61.2 Å². The van der Waals surface area contributed by atoms with Gasteiger partial charge in [0.25, 0.3) is 5.91 Å². The summed E-state index contributed by atoms with van der Waals surface area (Å²) in [5.74, 6) is 0.637. The minimum atomic E-state index is -0.204. The lowest BCUT2D eigenvalue weighted by Gasteiger charge is -2.28. The third kappa shape index (κ3) is 4.95. The van der Waals surface area contributed by atoms with Gasteiger partial charge in [-0.1, -0.05) is 41.9 Å². The van der Waals surface area contributed by atoms with E-state index >= 15 is 0 Å². The van der Waals surface area contributed by atoms with E-state index in [1.165, 1.54) is 19.1 Å². The molecule has 150 valence electrons. The normalized spacial score (nSPS) is 15.7. The lowest BCUT2D eigenvalue weighted by atomic mass is 10.0. The average molecular weight is 406 g/mol. The number of amides is 1. The molecule has 1 amide bonds. The van der Waals surface area contributed by atoms with Gasteiger partial charge < -0.3 is 24.4 Å². The van der Waals surface area contributed by atoms with Crippen molar-refractivity contribution in [1.82, 2.24) is 5.32 Å². The second-order valence-corrected chi connectivity index (χ2v) is 7.10. The van der Waals surface area contributed by atoms with Crippen LogP contribution >= 0.6 is 11.6 Å². The van der Waals surface area contributed by atoms with Crippen molar-refractivity contribution in [1.29, 1.82) is 0 Å². The van der Waals surface area contributed by atoms with Crippen molar-refractivity contribution in [2.45, 2.75) is 6.04 Å². The third-order valence-corrected chi connectivity index (χ3v) is 5.18. The number of quaternary nitrogens is 1. The van der Waals surface area contributed by atoms with E-state index in [2.05, 4.69) is 5.32 Å². The van der Waals surface area contributed by atoms with E-state index in [-0.39, 0.29) is 11.9 Å². The Bertz CT molecular complexity index is 794. The van der Waals surface area contributed by atoms with Crippen LogP contribution in [0.15, 0.2) is 42.5 Å². The van der Waals surface area contributed by atoms with Gasteiger partial charge in [-0.15, -0.1) is 0 Å². The van der Waals surface area contributed by atoms with E-state index in [1.807, 2.05) is 30.3 Å². The molecule has 0 radical (unpaired) electrons. The Morgan fingerprint density at radius 3 is 2.54 bits per heavy atom. The molecule has 6 nitrogen and oxygen atoms in total. The van der Waals surface area contributed by atoms with E-state index in [0.29, 0.717) is 22.1 Å². The van der Waals surface area contributed by atoms with Crippen LogP contribution in [0.5, 0.6) is 11.5 Å². The Morgan fingerprint density at radius 1 is 1.18 bits per heavy atom. The zero-order chi connectivity index (χ0) is 19.9. The highest BCUT2D eigenvalue weighted by Gasteiger charge is 2.24. The minimum absolute atomic E-state index is 0.117. The van der Waals surface area contributed by atoms with Crippen LogP contribution in [0, 0.1) is 0 Å². The Morgan fingerprint density at radius 2 is 1.89 bits per heavy atom. The van der Waals surface area contributed by atoms with Gasteiger partial charge in [-0.2, -0.15) is 0 Å². The van der Waals surface area contributed by atoms with Crippen LogP contribution in [0.3, 0.4) is 0 Å². The van der Waals surface area contributed by atoms with Crippen molar-refractivity contribution in [3.8, 4) is 11.5 Å². The van der Waals surface area contributed by atoms with Crippen LogP contribution in [0.25, 0.3) is 0 Å². The highest BCUT2D eigenvalue weighted by molar-refractivity contribution is 6.32. The first-order valence-electron chi connectivity index (χ1n) is 9.31. The molecule has 1 aliphatic rings. The molecule has 7 heteroatoms. The molecular formula is C21H26ClN2O4+. The fourth-order valence-electron chi connectivity index (χ4n) is 3.38. The van der Waals surface area contributed by atoms with Gasteiger partial charge in [0.1, 0.15) is 25.7 Å². The summed E-state index contributed by atoms with van der Waals surface area (Å²) in [5, 5.41) is 3.49. The second-order valence-electron chi connectivity index (χ2n) is 6.70. The number of nitrogens with one attached hydrogen (secondary N) is 2. The van der Waals surface area contributed by atoms with Gasteiger partial charge in [-0.3, -0.25) is 4.79 Å². The van der Waals surface area contributed by atoms with Crippen molar-refractivity contribution in [3.05, 3.63) is 58.6 Å². The minimum Gasteiger partial charge on any atom is -0.493 e. The second kappa shape index (κ2) is 9.78. The summed E-state index contributed by atoms with van der Waals surface area (Å²) in [4.78, 5) is 14.4. The van der Waals surface area contributed by atoms with Crippen LogP contribution in [0.2, 0.25) is 5.02 Å². The molecule has 1 aliphatic heterocycles. The van der Waals surface area contributed by atoms with E-state index in [9.17, 15) is 4.79 Å². The van der Waals surface area contributed by atoms with Crippen LogP contribution in [0.4, 0.5) is 0 Å². The Kier molecular flexibility index (Phi) is 7.14. The van der Waals surface area contributed by atoms with Crippen molar-refractivity contribution >= 4 is 17.5 Å².